The van der Waals surface area contributed by atoms with E-state index in [-0.39, 0.29) is 0 Å². The third kappa shape index (κ3) is 3.14. The summed E-state index contributed by atoms with van der Waals surface area (Å²) < 4.78 is 11.0. The number of aryl methyl sites for hydroxylation is 1. The molecule has 0 bridgehead atoms. The monoisotopic (exact) mass is 340 g/mol. The number of benzene rings is 1. The summed E-state index contributed by atoms with van der Waals surface area (Å²) in [7, 11) is 3.38. The highest BCUT2D eigenvalue weighted by atomic mass is 16.5. The molecule has 134 valence electrons. The number of fused-ring (bicyclic) bond motifs is 2. The van der Waals surface area contributed by atoms with E-state index >= 15 is 0 Å². The highest BCUT2D eigenvalue weighted by Crippen LogP contribution is 2.40. The van der Waals surface area contributed by atoms with Crippen molar-refractivity contribution in [2.24, 2.45) is 0 Å². The fourth-order valence-electron chi connectivity index (χ4n) is 4.38. The number of nitrogens with zero attached hydrogens (tertiary/aromatic N) is 1. The first-order valence-corrected chi connectivity index (χ1v) is 9.64. The van der Waals surface area contributed by atoms with Crippen molar-refractivity contribution in [1.29, 1.82) is 0 Å². The predicted octanol–water partition coefficient (Wildman–Crippen LogP) is 4.88. The number of aromatic nitrogens is 1. The Morgan fingerprint density at radius 1 is 0.920 bits per heavy atom. The zero-order valence-electron chi connectivity index (χ0n) is 15.4. The van der Waals surface area contributed by atoms with Gasteiger partial charge in [-0.15, -0.1) is 0 Å². The molecule has 0 radical (unpaired) electrons. The molecule has 0 spiro atoms. The minimum absolute atomic E-state index is 0.575. The molecule has 0 amide bonds. The molecule has 0 atom stereocenters. The molecule has 2 aromatic rings. The first-order valence-electron chi connectivity index (χ1n) is 9.64. The van der Waals surface area contributed by atoms with Crippen molar-refractivity contribution in [3.8, 4) is 11.5 Å². The highest BCUT2D eigenvalue weighted by Gasteiger charge is 2.23. The maximum absolute atomic E-state index is 5.55. The van der Waals surface area contributed by atoms with Crippen LogP contribution in [0.4, 0.5) is 5.69 Å². The predicted molar refractivity (Wildman–Crippen MR) is 102 cm³/mol. The van der Waals surface area contributed by atoms with E-state index in [0.29, 0.717) is 6.04 Å². The Morgan fingerprint density at radius 2 is 1.64 bits per heavy atom. The zero-order valence-corrected chi connectivity index (χ0v) is 15.4. The van der Waals surface area contributed by atoms with E-state index in [0.717, 1.165) is 29.9 Å². The number of anilines is 1. The van der Waals surface area contributed by atoms with Crippen molar-refractivity contribution in [2.75, 3.05) is 19.5 Å². The lowest BCUT2D eigenvalue weighted by molar-refractivity contribution is 0.356. The lowest BCUT2D eigenvalue weighted by atomic mass is 10.0. The number of ether oxygens (including phenoxy) is 2. The van der Waals surface area contributed by atoms with E-state index in [1.54, 1.807) is 14.2 Å². The quantitative estimate of drug-likeness (QED) is 0.806. The summed E-state index contributed by atoms with van der Waals surface area (Å²) in [6.07, 6.45) is 11.4. The summed E-state index contributed by atoms with van der Waals surface area (Å²) in [6.45, 7) is 0. The Bertz CT molecular complexity index is 764. The Balaban J connectivity index is 1.82. The molecule has 1 aromatic heterocycles. The van der Waals surface area contributed by atoms with Crippen LogP contribution in [-0.4, -0.2) is 25.2 Å². The number of hydrogen-bond donors (Lipinski definition) is 1. The number of rotatable bonds is 4. The molecule has 1 aromatic carbocycles. The second-order valence-electron chi connectivity index (χ2n) is 7.32. The van der Waals surface area contributed by atoms with Crippen LogP contribution in [0.5, 0.6) is 11.5 Å². The van der Waals surface area contributed by atoms with Crippen LogP contribution >= 0.6 is 0 Å². The number of hydrogen-bond acceptors (Lipinski definition) is 4. The summed E-state index contributed by atoms with van der Waals surface area (Å²) in [5.74, 6) is 1.53. The molecule has 0 aliphatic heterocycles. The zero-order chi connectivity index (χ0) is 17.2. The van der Waals surface area contributed by atoms with Crippen molar-refractivity contribution in [3.63, 3.8) is 0 Å². The van der Waals surface area contributed by atoms with Gasteiger partial charge in [-0.05, 0) is 43.7 Å². The lowest BCUT2D eigenvalue weighted by Crippen LogP contribution is -2.19. The second-order valence-corrected chi connectivity index (χ2v) is 7.32. The van der Waals surface area contributed by atoms with Crippen LogP contribution in [0.3, 0.4) is 0 Å². The van der Waals surface area contributed by atoms with Gasteiger partial charge in [0.2, 0.25) is 0 Å². The van der Waals surface area contributed by atoms with Gasteiger partial charge in [0.1, 0.15) is 0 Å². The maximum Gasteiger partial charge on any atom is 0.162 e. The molecule has 0 saturated heterocycles. The first-order chi connectivity index (χ1) is 12.3. The summed E-state index contributed by atoms with van der Waals surface area (Å²) in [5.41, 5.74) is 4.99. The van der Waals surface area contributed by atoms with Gasteiger partial charge in [0.05, 0.1) is 19.7 Å². The molecular formula is C21H28N2O2. The Hall–Kier alpha value is -1.97. The standard InChI is InChI=1S/C21H28N2O2/c1-24-19-12-16-18(13-20(19)25-2)23-17-11-7-10-15(17)21(16)22-14-8-5-3-4-6-9-14/h12-14H,3-11H2,1-2H3,(H,22,23). The average molecular weight is 340 g/mol. The van der Waals surface area contributed by atoms with Crippen LogP contribution in [0, 0.1) is 0 Å². The van der Waals surface area contributed by atoms with Crippen LogP contribution in [-0.2, 0) is 12.8 Å². The van der Waals surface area contributed by atoms with Gasteiger partial charge in [0, 0.05) is 28.9 Å². The molecule has 4 nitrogen and oxygen atoms in total. The van der Waals surface area contributed by atoms with E-state index in [2.05, 4.69) is 11.4 Å². The molecule has 4 heteroatoms. The van der Waals surface area contributed by atoms with E-state index in [4.69, 9.17) is 14.5 Å². The summed E-state index contributed by atoms with van der Waals surface area (Å²) >= 11 is 0. The topological polar surface area (TPSA) is 43.4 Å². The van der Waals surface area contributed by atoms with E-state index in [9.17, 15) is 0 Å². The third-order valence-corrected chi connectivity index (χ3v) is 5.72. The van der Waals surface area contributed by atoms with Gasteiger partial charge in [-0.1, -0.05) is 25.7 Å². The SMILES string of the molecule is COc1cc2nc3c(c(NC4CCCCCC4)c2cc1OC)CCC3. The van der Waals surface area contributed by atoms with Crippen LogP contribution in [0.2, 0.25) is 0 Å². The van der Waals surface area contributed by atoms with Gasteiger partial charge in [-0.25, -0.2) is 0 Å². The fraction of sp³-hybridized carbons (Fsp3) is 0.571. The molecule has 1 N–H and O–H groups in total. The minimum atomic E-state index is 0.575. The largest absolute Gasteiger partial charge is 0.493 e. The second kappa shape index (κ2) is 7.11. The normalized spacial score (nSPS) is 18.0. The Morgan fingerprint density at radius 3 is 2.36 bits per heavy atom. The van der Waals surface area contributed by atoms with Crippen LogP contribution in [0.1, 0.15) is 56.2 Å². The Labute approximate surface area is 149 Å². The molecular weight excluding hydrogens is 312 g/mol. The van der Waals surface area contributed by atoms with Gasteiger partial charge in [-0.2, -0.15) is 0 Å². The van der Waals surface area contributed by atoms with Crippen molar-refractivity contribution in [2.45, 2.75) is 63.8 Å². The van der Waals surface area contributed by atoms with Gasteiger partial charge >= 0.3 is 0 Å². The fourth-order valence-corrected chi connectivity index (χ4v) is 4.38. The maximum atomic E-state index is 5.55. The van der Waals surface area contributed by atoms with Crippen LogP contribution in [0.15, 0.2) is 12.1 Å². The van der Waals surface area contributed by atoms with Gasteiger partial charge in [0.15, 0.2) is 11.5 Å². The van der Waals surface area contributed by atoms with Crippen molar-refractivity contribution in [1.82, 2.24) is 4.98 Å². The molecule has 4 rings (SSSR count). The Kier molecular flexibility index (Phi) is 4.69. The summed E-state index contributed by atoms with van der Waals surface area (Å²) in [5, 5.41) is 5.09. The van der Waals surface area contributed by atoms with Crippen molar-refractivity contribution in [3.05, 3.63) is 23.4 Å². The van der Waals surface area contributed by atoms with E-state index in [1.807, 2.05) is 6.07 Å². The van der Waals surface area contributed by atoms with Crippen molar-refractivity contribution < 1.29 is 9.47 Å². The molecule has 1 heterocycles. The first kappa shape index (κ1) is 16.5. The number of methoxy groups -OCH3 is 2. The molecule has 2 aliphatic carbocycles. The average Bonchev–Trinajstić information content (AvgIpc) is 2.95. The summed E-state index contributed by atoms with van der Waals surface area (Å²) in [6, 6.07) is 4.69. The van der Waals surface area contributed by atoms with Gasteiger partial charge in [0.25, 0.3) is 0 Å². The van der Waals surface area contributed by atoms with Crippen molar-refractivity contribution >= 4 is 16.6 Å². The van der Waals surface area contributed by atoms with E-state index in [1.165, 1.54) is 67.3 Å². The number of pyridine rings is 1. The molecule has 25 heavy (non-hydrogen) atoms. The molecule has 1 saturated carbocycles. The van der Waals surface area contributed by atoms with Gasteiger partial charge < -0.3 is 14.8 Å². The molecule has 2 aliphatic rings. The highest BCUT2D eigenvalue weighted by molar-refractivity contribution is 5.96. The van der Waals surface area contributed by atoms with Crippen LogP contribution < -0.4 is 14.8 Å². The van der Waals surface area contributed by atoms with Gasteiger partial charge in [-0.3, -0.25) is 4.98 Å². The van der Waals surface area contributed by atoms with Crippen LogP contribution in [0.25, 0.3) is 10.9 Å². The lowest BCUT2D eigenvalue weighted by Gasteiger charge is -2.22. The third-order valence-electron chi connectivity index (χ3n) is 5.72. The molecule has 1 fully saturated rings. The minimum Gasteiger partial charge on any atom is -0.493 e. The summed E-state index contributed by atoms with van der Waals surface area (Å²) in [4.78, 5) is 4.94. The van der Waals surface area contributed by atoms with E-state index < -0.39 is 0 Å². The molecule has 0 unspecified atom stereocenters. The number of nitrogens with one attached hydrogen (secondary N) is 1. The smallest absolute Gasteiger partial charge is 0.162 e.